The number of nitrogens with two attached hydrogens (primary N) is 1. The fourth-order valence-corrected chi connectivity index (χ4v) is 2.37. The molecular weight excluding hydrogens is 296 g/mol. The first-order valence-electron chi connectivity index (χ1n) is 7.09. The molecule has 0 spiro atoms. The van der Waals surface area contributed by atoms with Crippen molar-refractivity contribution in [2.24, 2.45) is 0 Å². The SMILES string of the molecule is CCOC(=O)c1cnn2c(-c3cc(N)ccc3OC)ccnc12. The topological polar surface area (TPSA) is 91.7 Å². The van der Waals surface area contributed by atoms with Crippen LogP contribution >= 0.6 is 0 Å². The molecule has 2 aromatic heterocycles. The molecular formula is C16H16N4O3. The van der Waals surface area contributed by atoms with Crippen LogP contribution in [0.5, 0.6) is 5.75 Å². The highest BCUT2D eigenvalue weighted by molar-refractivity contribution is 5.96. The summed E-state index contributed by atoms with van der Waals surface area (Å²) < 4.78 is 12.0. The van der Waals surface area contributed by atoms with Crippen LogP contribution in [0.4, 0.5) is 5.69 Å². The average molecular weight is 312 g/mol. The highest BCUT2D eigenvalue weighted by Gasteiger charge is 2.18. The predicted molar refractivity (Wildman–Crippen MR) is 85.3 cm³/mol. The van der Waals surface area contributed by atoms with Crippen LogP contribution in [-0.4, -0.2) is 34.3 Å². The number of nitrogens with zero attached hydrogens (tertiary/aromatic N) is 3. The second-order valence-corrected chi connectivity index (χ2v) is 4.80. The van der Waals surface area contributed by atoms with Crippen molar-refractivity contribution in [3.05, 3.63) is 42.2 Å². The van der Waals surface area contributed by atoms with Crippen molar-refractivity contribution in [1.82, 2.24) is 14.6 Å². The lowest BCUT2D eigenvalue weighted by atomic mass is 10.1. The Labute approximate surface area is 132 Å². The number of methoxy groups -OCH3 is 1. The van der Waals surface area contributed by atoms with Gasteiger partial charge in [-0.2, -0.15) is 5.10 Å². The van der Waals surface area contributed by atoms with E-state index in [0.29, 0.717) is 29.3 Å². The normalized spacial score (nSPS) is 10.7. The van der Waals surface area contributed by atoms with Gasteiger partial charge in [0.1, 0.15) is 11.3 Å². The highest BCUT2D eigenvalue weighted by Crippen LogP contribution is 2.32. The minimum absolute atomic E-state index is 0.291. The molecule has 2 N–H and O–H groups in total. The van der Waals surface area contributed by atoms with Crippen molar-refractivity contribution in [3.63, 3.8) is 0 Å². The molecule has 0 saturated heterocycles. The second-order valence-electron chi connectivity index (χ2n) is 4.80. The zero-order chi connectivity index (χ0) is 16.4. The first kappa shape index (κ1) is 14.8. The molecule has 3 rings (SSSR count). The van der Waals surface area contributed by atoms with E-state index < -0.39 is 5.97 Å². The fraction of sp³-hybridized carbons (Fsp3) is 0.188. The van der Waals surface area contributed by atoms with E-state index in [9.17, 15) is 4.79 Å². The predicted octanol–water partition coefficient (Wildman–Crippen LogP) is 2.16. The lowest BCUT2D eigenvalue weighted by Gasteiger charge is -2.10. The highest BCUT2D eigenvalue weighted by atomic mass is 16.5. The Morgan fingerprint density at radius 3 is 2.91 bits per heavy atom. The van der Waals surface area contributed by atoms with Crippen LogP contribution in [0.15, 0.2) is 36.7 Å². The van der Waals surface area contributed by atoms with Gasteiger partial charge < -0.3 is 15.2 Å². The Balaban J connectivity index is 2.20. The van der Waals surface area contributed by atoms with Gasteiger partial charge in [-0.25, -0.2) is 14.3 Å². The zero-order valence-corrected chi connectivity index (χ0v) is 12.8. The number of hydrogen-bond donors (Lipinski definition) is 1. The second kappa shape index (κ2) is 5.96. The van der Waals surface area contributed by atoms with Gasteiger partial charge in [-0.15, -0.1) is 0 Å². The van der Waals surface area contributed by atoms with Gasteiger partial charge in [0.25, 0.3) is 0 Å². The van der Waals surface area contributed by atoms with Gasteiger partial charge in [0.05, 0.1) is 25.6 Å². The van der Waals surface area contributed by atoms with E-state index in [1.807, 2.05) is 0 Å². The van der Waals surface area contributed by atoms with Crippen LogP contribution in [0.1, 0.15) is 17.3 Å². The average Bonchev–Trinajstić information content (AvgIpc) is 2.99. The number of fused-ring (bicyclic) bond motifs is 1. The zero-order valence-electron chi connectivity index (χ0n) is 12.8. The summed E-state index contributed by atoms with van der Waals surface area (Å²) in [6.07, 6.45) is 3.06. The van der Waals surface area contributed by atoms with Gasteiger partial charge in [-0.1, -0.05) is 0 Å². The Hall–Kier alpha value is -3.09. The number of carbonyl (C=O) groups excluding carboxylic acids is 1. The molecule has 7 heteroatoms. The molecule has 0 aliphatic carbocycles. The summed E-state index contributed by atoms with van der Waals surface area (Å²) in [5.41, 5.74) is 8.70. The number of esters is 1. The van der Waals surface area contributed by atoms with Gasteiger partial charge in [0.2, 0.25) is 0 Å². The van der Waals surface area contributed by atoms with Crippen LogP contribution in [0, 0.1) is 0 Å². The smallest absolute Gasteiger partial charge is 0.343 e. The quantitative estimate of drug-likeness (QED) is 0.586. The number of hydrogen-bond acceptors (Lipinski definition) is 6. The molecule has 1 aromatic carbocycles. The molecule has 0 fully saturated rings. The maximum absolute atomic E-state index is 12.0. The Morgan fingerprint density at radius 2 is 2.17 bits per heavy atom. The molecule has 3 aromatic rings. The van der Waals surface area contributed by atoms with Crippen LogP contribution in [-0.2, 0) is 4.74 Å². The van der Waals surface area contributed by atoms with Crippen LogP contribution < -0.4 is 10.5 Å². The first-order valence-corrected chi connectivity index (χ1v) is 7.09. The monoisotopic (exact) mass is 312 g/mol. The summed E-state index contributed by atoms with van der Waals surface area (Å²) in [5, 5.41) is 4.26. The first-order chi connectivity index (χ1) is 11.2. The molecule has 0 bridgehead atoms. The van der Waals surface area contributed by atoms with Gasteiger partial charge in [0.15, 0.2) is 5.65 Å². The third-order valence-electron chi connectivity index (χ3n) is 3.40. The van der Waals surface area contributed by atoms with E-state index in [-0.39, 0.29) is 0 Å². The lowest BCUT2D eigenvalue weighted by Crippen LogP contribution is -2.05. The summed E-state index contributed by atoms with van der Waals surface area (Å²) >= 11 is 0. The standard InChI is InChI=1S/C16H16N4O3/c1-3-23-16(21)12-9-19-20-13(6-7-18-15(12)20)11-8-10(17)4-5-14(11)22-2/h4-9H,3,17H2,1-2H3. The molecule has 0 amide bonds. The number of carbonyl (C=O) groups is 1. The Kier molecular flexibility index (Phi) is 3.84. The summed E-state index contributed by atoms with van der Waals surface area (Å²) in [7, 11) is 1.58. The third kappa shape index (κ3) is 2.57. The van der Waals surface area contributed by atoms with E-state index in [0.717, 1.165) is 11.3 Å². The molecule has 7 nitrogen and oxygen atoms in total. The molecule has 0 aliphatic heterocycles. The summed E-state index contributed by atoms with van der Waals surface area (Å²) in [6, 6.07) is 7.12. The number of anilines is 1. The Morgan fingerprint density at radius 1 is 1.35 bits per heavy atom. The number of benzene rings is 1. The number of rotatable bonds is 4. The van der Waals surface area contributed by atoms with Crippen molar-refractivity contribution < 1.29 is 14.3 Å². The van der Waals surface area contributed by atoms with Crippen molar-refractivity contribution in [3.8, 4) is 17.0 Å². The molecule has 0 aliphatic rings. The fourth-order valence-electron chi connectivity index (χ4n) is 2.37. The van der Waals surface area contributed by atoms with E-state index in [1.54, 1.807) is 49.0 Å². The van der Waals surface area contributed by atoms with E-state index in [2.05, 4.69) is 10.1 Å². The van der Waals surface area contributed by atoms with Crippen LogP contribution in [0.25, 0.3) is 16.9 Å². The minimum Gasteiger partial charge on any atom is -0.496 e. The molecule has 0 atom stereocenters. The molecule has 23 heavy (non-hydrogen) atoms. The van der Waals surface area contributed by atoms with Gasteiger partial charge in [-0.3, -0.25) is 0 Å². The maximum Gasteiger partial charge on any atom is 0.343 e. The van der Waals surface area contributed by atoms with Gasteiger partial charge in [-0.05, 0) is 31.2 Å². The molecule has 2 heterocycles. The van der Waals surface area contributed by atoms with E-state index in [1.165, 1.54) is 6.20 Å². The molecule has 0 saturated carbocycles. The maximum atomic E-state index is 12.0. The summed E-state index contributed by atoms with van der Waals surface area (Å²) in [4.78, 5) is 16.2. The molecule has 118 valence electrons. The number of aromatic nitrogens is 3. The minimum atomic E-state index is -0.452. The van der Waals surface area contributed by atoms with Crippen molar-refractivity contribution in [2.75, 3.05) is 19.5 Å². The summed E-state index contributed by atoms with van der Waals surface area (Å²) in [5.74, 6) is 0.201. The van der Waals surface area contributed by atoms with Crippen LogP contribution in [0.2, 0.25) is 0 Å². The third-order valence-corrected chi connectivity index (χ3v) is 3.40. The number of nitrogen functional groups attached to an aromatic ring is 1. The van der Waals surface area contributed by atoms with Crippen LogP contribution in [0.3, 0.4) is 0 Å². The Bertz CT molecular complexity index is 873. The lowest BCUT2D eigenvalue weighted by molar-refractivity contribution is 0.0528. The molecule has 0 unspecified atom stereocenters. The molecule has 0 radical (unpaired) electrons. The van der Waals surface area contributed by atoms with E-state index in [4.69, 9.17) is 15.2 Å². The van der Waals surface area contributed by atoms with Crippen molar-refractivity contribution >= 4 is 17.3 Å². The summed E-state index contributed by atoms with van der Waals surface area (Å²) in [6.45, 7) is 2.04. The van der Waals surface area contributed by atoms with Gasteiger partial charge >= 0.3 is 5.97 Å². The van der Waals surface area contributed by atoms with Crippen molar-refractivity contribution in [1.29, 1.82) is 0 Å². The van der Waals surface area contributed by atoms with Crippen molar-refractivity contribution in [2.45, 2.75) is 6.92 Å². The number of ether oxygens (including phenoxy) is 2. The van der Waals surface area contributed by atoms with Gasteiger partial charge in [0, 0.05) is 17.4 Å². The van der Waals surface area contributed by atoms with E-state index >= 15 is 0 Å². The largest absolute Gasteiger partial charge is 0.496 e.